The van der Waals surface area contributed by atoms with Gasteiger partial charge in [-0.15, -0.1) is 11.3 Å². The largest absolute Gasteiger partial charge is 0.371 e. The van der Waals surface area contributed by atoms with E-state index in [-0.39, 0.29) is 0 Å². The predicted molar refractivity (Wildman–Crippen MR) is 119 cm³/mol. The van der Waals surface area contributed by atoms with Crippen molar-refractivity contribution in [2.45, 2.75) is 32.2 Å². The number of hydrogen-bond donors (Lipinski definition) is 0. The summed E-state index contributed by atoms with van der Waals surface area (Å²) in [6.45, 7) is 6.94. The van der Waals surface area contributed by atoms with Crippen LogP contribution in [0.25, 0.3) is 10.2 Å². The van der Waals surface area contributed by atoms with E-state index in [1.54, 1.807) is 11.3 Å². The van der Waals surface area contributed by atoms with Crippen LogP contribution in [0.3, 0.4) is 0 Å². The molecule has 5 heteroatoms. The first-order valence-electron chi connectivity index (χ1n) is 10.5. The number of thiazole rings is 1. The summed E-state index contributed by atoms with van der Waals surface area (Å²) >= 11 is 1.71. The van der Waals surface area contributed by atoms with Gasteiger partial charge in [0.2, 0.25) is 0 Å². The van der Waals surface area contributed by atoms with Crippen LogP contribution in [0.15, 0.2) is 48.0 Å². The normalized spacial score (nSPS) is 20.2. The highest BCUT2D eigenvalue weighted by Gasteiger charge is 2.41. The van der Waals surface area contributed by atoms with Crippen LogP contribution in [0.4, 0.5) is 5.69 Å². The Hall–Kier alpha value is -2.42. The molecule has 0 aliphatic carbocycles. The molecule has 1 spiro atoms. The fraction of sp³-hybridized carbons (Fsp3) is 0.417. The number of benzene rings is 2. The second-order valence-corrected chi connectivity index (χ2v) is 9.51. The van der Waals surface area contributed by atoms with Crippen LogP contribution in [0.1, 0.15) is 43.4 Å². The molecule has 29 heavy (non-hydrogen) atoms. The fourth-order valence-corrected chi connectivity index (χ4v) is 5.70. The van der Waals surface area contributed by atoms with Gasteiger partial charge in [-0.25, -0.2) is 4.98 Å². The van der Waals surface area contributed by atoms with Gasteiger partial charge in [-0.05, 0) is 86.7 Å². The van der Waals surface area contributed by atoms with Gasteiger partial charge in [0.15, 0.2) is 0 Å². The molecule has 3 heterocycles. The van der Waals surface area contributed by atoms with E-state index in [0.717, 1.165) is 37.3 Å². The first-order chi connectivity index (χ1) is 14.2. The molecule has 0 amide bonds. The van der Waals surface area contributed by atoms with Gasteiger partial charge in [0, 0.05) is 24.8 Å². The zero-order valence-electron chi connectivity index (χ0n) is 16.8. The number of nitrogens with zero attached hydrogens (tertiary/aromatic N) is 4. The highest BCUT2D eigenvalue weighted by molar-refractivity contribution is 7.16. The molecule has 148 valence electrons. The second-order valence-electron chi connectivity index (χ2n) is 8.62. The van der Waals surface area contributed by atoms with Crippen LogP contribution >= 0.6 is 11.3 Å². The SMILES string of the molecule is CC(c1ccc2scnc2c1)N1CCC2(CCN(c3ccc(C#N)cc3)C2)CC1. The van der Waals surface area contributed by atoms with Crippen molar-refractivity contribution in [1.29, 1.82) is 5.26 Å². The van der Waals surface area contributed by atoms with E-state index in [1.807, 2.05) is 17.6 Å². The second kappa shape index (κ2) is 7.44. The van der Waals surface area contributed by atoms with E-state index < -0.39 is 0 Å². The summed E-state index contributed by atoms with van der Waals surface area (Å²) in [5.41, 5.74) is 6.88. The molecule has 0 saturated carbocycles. The van der Waals surface area contributed by atoms with E-state index in [9.17, 15) is 0 Å². The van der Waals surface area contributed by atoms with Crippen LogP contribution in [0.5, 0.6) is 0 Å². The molecule has 1 unspecified atom stereocenters. The fourth-order valence-electron chi connectivity index (χ4n) is 5.04. The highest BCUT2D eigenvalue weighted by atomic mass is 32.1. The third-order valence-corrected chi connectivity index (χ3v) is 7.85. The molecule has 2 aliphatic rings. The third-order valence-electron chi connectivity index (χ3n) is 7.04. The number of piperidine rings is 1. The van der Waals surface area contributed by atoms with Gasteiger partial charge < -0.3 is 4.90 Å². The molecule has 0 bridgehead atoms. The first-order valence-corrected chi connectivity index (χ1v) is 11.4. The number of hydrogen-bond acceptors (Lipinski definition) is 5. The Morgan fingerprint density at radius 1 is 1.07 bits per heavy atom. The van der Waals surface area contributed by atoms with Crippen LogP contribution in [-0.4, -0.2) is 36.1 Å². The molecule has 2 aromatic carbocycles. The van der Waals surface area contributed by atoms with Crippen molar-refractivity contribution in [2.24, 2.45) is 5.41 Å². The van der Waals surface area contributed by atoms with Gasteiger partial charge >= 0.3 is 0 Å². The average molecular weight is 403 g/mol. The minimum atomic E-state index is 0.439. The third kappa shape index (κ3) is 3.52. The molecule has 1 atom stereocenters. The van der Waals surface area contributed by atoms with E-state index in [4.69, 9.17) is 5.26 Å². The van der Waals surface area contributed by atoms with Crippen molar-refractivity contribution in [3.63, 3.8) is 0 Å². The number of likely N-dealkylation sites (tertiary alicyclic amines) is 1. The summed E-state index contributed by atoms with van der Waals surface area (Å²) in [5.74, 6) is 0. The van der Waals surface area contributed by atoms with Crippen LogP contribution in [0.2, 0.25) is 0 Å². The molecule has 2 saturated heterocycles. The minimum absolute atomic E-state index is 0.439. The van der Waals surface area contributed by atoms with Crippen LogP contribution in [0, 0.1) is 16.7 Å². The molecule has 2 aliphatic heterocycles. The summed E-state index contributed by atoms with van der Waals surface area (Å²) in [4.78, 5) is 9.64. The zero-order chi connectivity index (χ0) is 19.8. The Kier molecular flexibility index (Phi) is 4.77. The number of aromatic nitrogens is 1. The summed E-state index contributed by atoms with van der Waals surface area (Å²) in [7, 11) is 0. The summed E-state index contributed by atoms with van der Waals surface area (Å²) in [5, 5.41) is 9.01. The number of anilines is 1. The van der Waals surface area contributed by atoms with Crippen molar-refractivity contribution >= 4 is 27.2 Å². The molecular weight excluding hydrogens is 376 g/mol. The molecule has 5 rings (SSSR count). The number of fused-ring (bicyclic) bond motifs is 1. The molecular formula is C24H26N4S. The van der Waals surface area contributed by atoms with E-state index in [0.29, 0.717) is 11.5 Å². The van der Waals surface area contributed by atoms with Crippen LogP contribution in [-0.2, 0) is 0 Å². The average Bonchev–Trinajstić information content (AvgIpc) is 3.41. The lowest BCUT2D eigenvalue weighted by Gasteiger charge is -2.42. The first kappa shape index (κ1) is 18.6. The minimum Gasteiger partial charge on any atom is -0.371 e. The lowest BCUT2D eigenvalue weighted by atomic mass is 9.77. The molecule has 2 fully saturated rings. The standard InChI is InChI=1S/C24H26N4S/c1-18(20-4-7-23-22(14-20)26-17-29-23)27-11-8-24(9-12-27)10-13-28(16-24)21-5-2-19(15-25)3-6-21/h2-7,14,17-18H,8-13,16H2,1H3. The van der Waals surface area contributed by atoms with Crippen molar-refractivity contribution in [1.82, 2.24) is 9.88 Å². The zero-order valence-corrected chi connectivity index (χ0v) is 17.7. The Labute approximate surface area is 176 Å². The molecule has 1 aromatic heterocycles. The quantitative estimate of drug-likeness (QED) is 0.602. The predicted octanol–water partition coefficient (Wildman–Crippen LogP) is 5.22. The Balaban J connectivity index is 1.23. The molecule has 0 N–H and O–H groups in total. The number of nitriles is 1. The lowest BCUT2D eigenvalue weighted by molar-refractivity contribution is 0.0908. The van der Waals surface area contributed by atoms with E-state index in [1.165, 1.54) is 35.2 Å². The van der Waals surface area contributed by atoms with Gasteiger partial charge in [0.05, 0.1) is 27.4 Å². The van der Waals surface area contributed by atoms with Crippen molar-refractivity contribution < 1.29 is 0 Å². The van der Waals surface area contributed by atoms with Crippen molar-refractivity contribution in [2.75, 3.05) is 31.1 Å². The summed E-state index contributed by atoms with van der Waals surface area (Å²) in [6, 6.07) is 17.5. The Bertz CT molecular complexity index is 1040. The lowest BCUT2D eigenvalue weighted by Crippen LogP contribution is -2.42. The monoisotopic (exact) mass is 402 g/mol. The molecule has 3 aromatic rings. The summed E-state index contributed by atoms with van der Waals surface area (Å²) in [6.07, 6.45) is 3.81. The smallest absolute Gasteiger partial charge is 0.0991 e. The van der Waals surface area contributed by atoms with E-state index in [2.05, 4.69) is 58.1 Å². The topological polar surface area (TPSA) is 43.2 Å². The van der Waals surface area contributed by atoms with Gasteiger partial charge in [-0.2, -0.15) is 5.26 Å². The van der Waals surface area contributed by atoms with Gasteiger partial charge in [0.1, 0.15) is 0 Å². The van der Waals surface area contributed by atoms with Crippen molar-refractivity contribution in [3.8, 4) is 6.07 Å². The van der Waals surface area contributed by atoms with E-state index >= 15 is 0 Å². The molecule has 0 radical (unpaired) electrons. The van der Waals surface area contributed by atoms with Gasteiger partial charge in [-0.1, -0.05) is 6.07 Å². The maximum absolute atomic E-state index is 9.01. The maximum atomic E-state index is 9.01. The highest BCUT2D eigenvalue weighted by Crippen LogP contribution is 2.43. The Morgan fingerprint density at radius 2 is 1.83 bits per heavy atom. The maximum Gasteiger partial charge on any atom is 0.0991 e. The van der Waals surface area contributed by atoms with Crippen LogP contribution < -0.4 is 4.90 Å². The van der Waals surface area contributed by atoms with Gasteiger partial charge in [-0.3, -0.25) is 4.90 Å². The van der Waals surface area contributed by atoms with Crippen molar-refractivity contribution in [3.05, 3.63) is 59.1 Å². The van der Waals surface area contributed by atoms with Gasteiger partial charge in [0.25, 0.3) is 0 Å². The summed E-state index contributed by atoms with van der Waals surface area (Å²) < 4.78 is 1.27. The Morgan fingerprint density at radius 3 is 2.59 bits per heavy atom. The number of rotatable bonds is 3. The molecule has 4 nitrogen and oxygen atoms in total.